The lowest BCUT2D eigenvalue weighted by Crippen LogP contribution is -2.05. The average molecular weight is 224 g/mol. The Morgan fingerprint density at radius 3 is 2.36 bits per heavy atom. The second kappa shape index (κ2) is 5.78. The Morgan fingerprint density at radius 1 is 1.36 bits per heavy atom. The van der Waals surface area contributed by atoms with Gasteiger partial charge in [-0.15, -0.1) is 0 Å². The van der Waals surface area contributed by atoms with Crippen LogP contribution in [0.3, 0.4) is 0 Å². The Kier molecular flexibility index (Phi) is 5.42. The Hall–Kier alpha value is -0.870. The van der Waals surface area contributed by atoms with E-state index in [1.54, 1.807) is 0 Å². The van der Waals surface area contributed by atoms with Crippen LogP contribution in [0.1, 0.15) is 26.2 Å². The molecule has 14 heavy (non-hydrogen) atoms. The maximum atomic E-state index is 10.9. The van der Waals surface area contributed by atoms with E-state index in [1.807, 2.05) is 0 Å². The summed E-state index contributed by atoms with van der Waals surface area (Å²) in [5, 5.41) is 8.25. The van der Waals surface area contributed by atoms with Crippen LogP contribution in [0, 0.1) is 0 Å². The van der Waals surface area contributed by atoms with E-state index in [0.717, 1.165) is 0 Å². The number of carboxylic acids is 1. The zero-order valence-electron chi connectivity index (χ0n) is 7.80. The van der Waals surface area contributed by atoms with Gasteiger partial charge in [-0.3, -0.25) is 9.59 Å². The Balaban J connectivity index is 3.77. The van der Waals surface area contributed by atoms with E-state index in [9.17, 15) is 14.2 Å². The molecule has 2 N–H and O–H groups in total. The molecule has 7 heteroatoms. The molecule has 1 atom stereocenters. The minimum Gasteiger partial charge on any atom is -0.481 e. The molecular weight excluding hydrogens is 211 g/mol. The second-order valence-electron chi connectivity index (χ2n) is 2.66. The molecule has 0 aromatic rings. The van der Waals surface area contributed by atoms with Gasteiger partial charge in [-0.1, -0.05) is 6.92 Å². The highest BCUT2D eigenvalue weighted by Gasteiger charge is 2.20. The first-order valence-electron chi connectivity index (χ1n) is 4.13. The molecule has 0 amide bonds. The number of rotatable bonds is 6. The summed E-state index contributed by atoms with van der Waals surface area (Å²) in [5.74, 6) is -1.85. The SMILES string of the molecule is CCP(=O)(O)OC(=O)CCCC(=O)O. The van der Waals surface area contributed by atoms with Crippen LogP contribution >= 0.6 is 7.60 Å². The maximum absolute atomic E-state index is 10.9. The minimum absolute atomic E-state index is 0.109. The Labute approximate surface area is 81.4 Å². The number of carbonyl (C=O) groups excluding carboxylic acids is 1. The summed E-state index contributed by atoms with van der Waals surface area (Å²) < 4.78 is 15.1. The molecule has 0 saturated heterocycles. The summed E-state index contributed by atoms with van der Waals surface area (Å²) >= 11 is 0. The molecule has 0 aliphatic carbocycles. The van der Waals surface area contributed by atoms with Crippen molar-refractivity contribution in [3.63, 3.8) is 0 Å². The fraction of sp³-hybridized carbons (Fsp3) is 0.714. The lowest BCUT2D eigenvalue weighted by atomic mass is 10.2. The summed E-state index contributed by atoms with van der Waals surface area (Å²) in [5.41, 5.74) is 0. The normalized spacial score (nSPS) is 14.4. The number of carbonyl (C=O) groups is 2. The van der Waals surface area contributed by atoms with Crippen LogP contribution in [0.4, 0.5) is 0 Å². The molecule has 0 saturated carbocycles. The van der Waals surface area contributed by atoms with Gasteiger partial charge in [0.15, 0.2) is 0 Å². The third-order valence-corrected chi connectivity index (χ3v) is 2.70. The van der Waals surface area contributed by atoms with Gasteiger partial charge in [-0.25, -0.2) is 4.57 Å². The summed E-state index contributed by atoms with van der Waals surface area (Å²) in [6, 6.07) is 0. The summed E-state index contributed by atoms with van der Waals surface area (Å²) in [4.78, 5) is 29.8. The van der Waals surface area contributed by atoms with Crippen molar-refractivity contribution >= 4 is 19.5 Å². The van der Waals surface area contributed by atoms with E-state index in [2.05, 4.69) is 4.52 Å². The van der Waals surface area contributed by atoms with Gasteiger partial charge < -0.3 is 14.5 Å². The van der Waals surface area contributed by atoms with E-state index in [0.29, 0.717) is 0 Å². The van der Waals surface area contributed by atoms with Crippen molar-refractivity contribution < 1.29 is 28.7 Å². The molecule has 0 rings (SSSR count). The van der Waals surface area contributed by atoms with Crippen LogP contribution in [-0.4, -0.2) is 28.1 Å². The number of carboxylic acid groups (broad SMARTS) is 1. The Morgan fingerprint density at radius 2 is 1.93 bits per heavy atom. The van der Waals surface area contributed by atoms with Gasteiger partial charge >= 0.3 is 19.5 Å². The lowest BCUT2D eigenvalue weighted by Gasteiger charge is -2.08. The van der Waals surface area contributed by atoms with E-state index in [4.69, 9.17) is 10.00 Å². The van der Waals surface area contributed by atoms with Gasteiger partial charge in [0.25, 0.3) is 0 Å². The molecule has 0 aromatic carbocycles. The summed E-state index contributed by atoms with van der Waals surface area (Å²) in [7, 11) is -3.79. The molecule has 0 aliphatic rings. The van der Waals surface area contributed by atoms with Gasteiger partial charge in [0, 0.05) is 12.8 Å². The van der Waals surface area contributed by atoms with Crippen LogP contribution < -0.4 is 0 Å². The van der Waals surface area contributed by atoms with Crippen LogP contribution in [0.25, 0.3) is 0 Å². The first-order chi connectivity index (χ1) is 6.37. The molecule has 0 bridgehead atoms. The predicted octanol–water partition coefficient (Wildman–Crippen LogP) is 0.990. The van der Waals surface area contributed by atoms with E-state index < -0.39 is 19.5 Å². The highest BCUT2D eigenvalue weighted by atomic mass is 31.2. The van der Waals surface area contributed by atoms with Crippen molar-refractivity contribution in [3.8, 4) is 0 Å². The molecular formula is C7H13O6P. The van der Waals surface area contributed by atoms with E-state index >= 15 is 0 Å². The number of aliphatic carboxylic acids is 1. The lowest BCUT2D eigenvalue weighted by molar-refractivity contribution is -0.137. The highest BCUT2D eigenvalue weighted by Crippen LogP contribution is 2.41. The highest BCUT2D eigenvalue weighted by molar-refractivity contribution is 7.53. The van der Waals surface area contributed by atoms with Crippen LogP contribution in [-0.2, 0) is 18.7 Å². The molecule has 6 nitrogen and oxygen atoms in total. The van der Waals surface area contributed by atoms with Crippen molar-refractivity contribution in [2.75, 3.05) is 6.16 Å². The fourth-order valence-electron chi connectivity index (χ4n) is 0.653. The van der Waals surface area contributed by atoms with E-state index in [-0.39, 0.29) is 25.4 Å². The zero-order chi connectivity index (χ0) is 11.2. The number of hydrogen-bond acceptors (Lipinski definition) is 4. The maximum Gasteiger partial charge on any atom is 0.378 e. The molecule has 0 radical (unpaired) electrons. The van der Waals surface area contributed by atoms with Gasteiger partial charge in [0.2, 0.25) is 0 Å². The van der Waals surface area contributed by atoms with Crippen molar-refractivity contribution in [2.24, 2.45) is 0 Å². The smallest absolute Gasteiger partial charge is 0.378 e. The Bertz CT molecular complexity index is 261. The topological polar surface area (TPSA) is 101 Å². The summed E-state index contributed by atoms with van der Waals surface area (Å²) in [6.07, 6.45) is -0.344. The molecule has 82 valence electrons. The standard InChI is InChI=1S/C7H13O6P/c1-2-14(11,12)13-7(10)5-3-4-6(8)9/h2-5H2,1H3,(H,8,9)(H,11,12). The third kappa shape index (κ3) is 6.62. The fourth-order valence-corrected chi connectivity index (χ4v) is 1.19. The first kappa shape index (κ1) is 13.1. The molecule has 0 fully saturated rings. The van der Waals surface area contributed by atoms with Crippen LogP contribution in [0.15, 0.2) is 0 Å². The van der Waals surface area contributed by atoms with Crippen molar-refractivity contribution in [2.45, 2.75) is 26.2 Å². The first-order valence-corrected chi connectivity index (χ1v) is 5.89. The molecule has 0 heterocycles. The minimum atomic E-state index is -3.79. The van der Waals surface area contributed by atoms with Crippen molar-refractivity contribution in [1.82, 2.24) is 0 Å². The third-order valence-electron chi connectivity index (χ3n) is 1.42. The quantitative estimate of drug-likeness (QED) is 0.652. The molecule has 0 spiro atoms. The molecule has 0 aliphatic heterocycles. The monoisotopic (exact) mass is 224 g/mol. The predicted molar refractivity (Wildman–Crippen MR) is 47.9 cm³/mol. The van der Waals surface area contributed by atoms with Crippen LogP contribution in [0.5, 0.6) is 0 Å². The average Bonchev–Trinajstić information content (AvgIpc) is 2.02. The van der Waals surface area contributed by atoms with Gasteiger partial charge in [-0.05, 0) is 6.42 Å². The van der Waals surface area contributed by atoms with Crippen molar-refractivity contribution in [3.05, 3.63) is 0 Å². The largest absolute Gasteiger partial charge is 0.481 e. The molecule has 0 aromatic heterocycles. The van der Waals surface area contributed by atoms with E-state index in [1.165, 1.54) is 6.92 Å². The number of hydrogen-bond donors (Lipinski definition) is 2. The van der Waals surface area contributed by atoms with Crippen LogP contribution in [0.2, 0.25) is 0 Å². The van der Waals surface area contributed by atoms with Gasteiger partial charge in [0.1, 0.15) is 0 Å². The van der Waals surface area contributed by atoms with Gasteiger partial charge in [-0.2, -0.15) is 0 Å². The zero-order valence-corrected chi connectivity index (χ0v) is 8.70. The second-order valence-corrected chi connectivity index (χ2v) is 4.75. The van der Waals surface area contributed by atoms with Crippen molar-refractivity contribution in [1.29, 1.82) is 0 Å². The summed E-state index contributed by atoms with van der Waals surface area (Å²) in [6.45, 7) is 1.42. The molecule has 1 unspecified atom stereocenters. The van der Waals surface area contributed by atoms with Gasteiger partial charge in [0.05, 0.1) is 6.16 Å².